The van der Waals surface area contributed by atoms with Crippen molar-refractivity contribution >= 4 is 23.4 Å². The van der Waals surface area contributed by atoms with E-state index in [0.29, 0.717) is 17.1 Å². The van der Waals surface area contributed by atoms with Gasteiger partial charge in [0.2, 0.25) is 0 Å². The summed E-state index contributed by atoms with van der Waals surface area (Å²) in [5, 5.41) is 14.1. The molecule has 0 radical (unpaired) electrons. The number of furan rings is 1. The largest absolute Gasteiger partial charge is 0.484 e. The van der Waals surface area contributed by atoms with E-state index < -0.39 is 23.4 Å². The zero-order chi connectivity index (χ0) is 24.0. The minimum atomic E-state index is -0.750. The van der Waals surface area contributed by atoms with Crippen molar-refractivity contribution < 1.29 is 27.9 Å². The van der Waals surface area contributed by atoms with Crippen LogP contribution in [0.3, 0.4) is 0 Å². The van der Waals surface area contributed by atoms with E-state index in [1.807, 2.05) is 6.07 Å². The summed E-state index contributed by atoms with van der Waals surface area (Å²) in [4.78, 5) is 24.7. The van der Waals surface area contributed by atoms with Gasteiger partial charge in [0.15, 0.2) is 5.76 Å². The summed E-state index contributed by atoms with van der Waals surface area (Å²) in [6, 6.07) is 15.3. The highest BCUT2D eigenvalue weighted by Crippen LogP contribution is 2.25. The van der Waals surface area contributed by atoms with Crippen LogP contribution >= 0.6 is 0 Å². The molecule has 2 amide bonds. The molecule has 3 aromatic rings. The van der Waals surface area contributed by atoms with Gasteiger partial charge in [0, 0.05) is 0 Å². The Hall–Kier alpha value is -4.32. The molecule has 8 nitrogen and oxygen atoms in total. The summed E-state index contributed by atoms with van der Waals surface area (Å²) in [7, 11) is 0. The Bertz CT molecular complexity index is 1210. The maximum absolute atomic E-state index is 13.8. The molecule has 0 unspecified atom stereocenters. The number of nitriles is 1. The van der Waals surface area contributed by atoms with Crippen molar-refractivity contribution in [2.75, 3.05) is 10.6 Å². The number of ether oxygens (including phenoxy) is 2. The topological polar surface area (TPSA) is 114 Å². The number of para-hydroxylation sites is 1. The van der Waals surface area contributed by atoms with Gasteiger partial charge in [0.05, 0.1) is 16.9 Å². The lowest BCUT2D eigenvalue weighted by Gasteiger charge is -2.20. The van der Waals surface area contributed by atoms with Crippen LogP contribution in [0.1, 0.15) is 42.6 Å². The predicted octanol–water partition coefficient (Wildman–Crippen LogP) is 5.47. The first-order valence-electron chi connectivity index (χ1n) is 9.96. The summed E-state index contributed by atoms with van der Waals surface area (Å²) >= 11 is 0. The van der Waals surface area contributed by atoms with Crippen LogP contribution in [0.4, 0.5) is 20.6 Å². The van der Waals surface area contributed by atoms with Gasteiger partial charge in [-0.25, -0.2) is 9.18 Å². The Morgan fingerprint density at radius 1 is 1.06 bits per heavy atom. The molecule has 0 fully saturated rings. The summed E-state index contributed by atoms with van der Waals surface area (Å²) < 4.78 is 30.1. The van der Waals surface area contributed by atoms with Crippen LogP contribution in [0.25, 0.3) is 0 Å². The van der Waals surface area contributed by atoms with E-state index in [9.17, 15) is 14.0 Å². The molecule has 0 saturated carbocycles. The molecule has 170 valence electrons. The first-order chi connectivity index (χ1) is 15.6. The van der Waals surface area contributed by atoms with Gasteiger partial charge in [-0.15, -0.1) is 0 Å². The standard InChI is InChI=1S/C24H22FN3O5/c1-24(2,3)33-23(30)28-18-10-8-16(25)12-19(18)27-22(29)21-11-9-17(32-21)14-31-20-7-5-4-6-15(20)13-26/h4-12H,14H2,1-3H3,(H,27,29)(H,28,30). The second-order valence-electron chi connectivity index (χ2n) is 7.93. The molecular formula is C24H22FN3O5. The maximum Gasteiger partial charge on any atom is 0.412 e. The molecule has 0 atom stereocenters. The molecule has 0 spiro atoms. The fourth-order valence-corrected chi connectivity index (χ4v) is 2.74. The van der Waals surface area contributed by atoms with Gasteiger partial charge in [-0.2, -0.15) is 5.26 Å². The SMILES string of the molecule is CC(C)(C)OC(=O)Nc1ccc(F)cc1NC(=O)c1ccc(COc2ccccc2C#N)o1. The average molecular weight is 451 g/mol. The van der Waals surface area contributed by atoms with Gasteiger partial charge in [-0.3, -0.25) is 10.1 Å². The number of rotatable bonds is 6. The number of amides is 2. The summed E-state index contributed by atoms with van der Waals surface area (Å²) in [5.41, 5.74) is -0.170. The molecular weight excluding hydrogens is 429 g/mol. The summed E-state index contributed by atoms with van der Waals surface area (Å²) in [5.74, 6) is -0.574. The Balaban J connectivity index is 1.68. The summed E-state index contributed by atoms with van der Waals surface area (Å²) in [6.07, 6.45) is -0.750. The van der Waals surface area contributed by atoms with Crippen molar-refractivity contribution in [1.29, 1.82) is 5.26 Å². The van der Waals surface area contributed by atoms with Crippen molar-refractivity contribution in [3.8, 4) is 11.8 Å². The smallest absolute Gasteiger partial charge is 0.412 e. The third kappa shape index (κ3) is 6.58. The number of halogens is 1. The Kier molecular flexibility index (Phi) is 6.98. The monoisotopic (exact) mass is 451 g/mol. The predicted molar refractivity (Wildman–Crippen MR) is 118 cm³/mol. The van der Waals surface area contributed by atoms with Crippen molar-refractivity contribution in [3.05, 3.63) is 77.5 Å². The van der Waals surface area contributed by atoms with Crippen LogP contribution in [-0.2, 0) is 11.3 Å². The molecule has 33 heavy (non-hydrogen) atoms. The first kappa shape index (κ1) is 23.3. The molecule has 9 heteroatoms. The van der Waals surface area contributed by atoms with Crippen molar-refractivity contribution in [2.45, 2.75) is 33.0 Å². The minimum absolute atomic E-state index is 0.00259. The second-order valence-corrected chi connectivity index (χ2v) is 7.93. The minimum Gasteiger partial charge on any atom is -0.484 e. The van der Waals surface area contributed by atoms with E-state index in [-0.39, 0.29) is 23.7 Å². The molecule has 2 N–H and O–H groups in total. The normalized spacial score (nSPS) is 10.8. The van der Waals surface area contributed by atoms with Crippen LogP contribution in [0.2, 0.25) is 0 Å². The van der Waals surface area contributed by atoms with Gasteiger partial charge in [0.25, 0.3) is 5.91 Å². The van der Waals surface area contributed by atoms with Gasteiger partial charge >= 0.3 is 6.09 Å². The van der Waals surface area contributed by atoms with E-state index in [0.717, 1.165) is 12.1 Å². The van der Waals surface area contributed by atoms with Crippen LogP contribution in [0.15, 0.2) is 59.0 Å². The first-order valence-corrected chi connectivity index (χ1v) is 9.96. The molecule has 1 heterocycles. The fraction of sp³-hybridized carbons (Fsp3) is 0.208. The van der Waals surface area contributed by atoms with Gasteiger partial charge in [-0.05, 0) is 63.2 Å². The Morgan fingerprint density at radius 2 is 1.82 bits per heavy atom. The van der Waals surface area contributed by atoms with Crippen molar-refractivity contribution in [2.24, 2.45) is 0 Å². The quantitative estimate of drug-likeness (QED) is 0.514. The highest BCUT2D eigenvalue weighted by Gasteiger charge is 2.19. The second kappa shape index (κ2) is 9.87. The Morgan fingerprint density at radius 3 is 2.55 bits per heavy atom. The fourth-order valence-electron chi connectivity index (χ4n) is 2.74. The third-order valence-corrected chi connectivity index (χ3v) is 4.13. The van der Waals surface area contributed by atoms with E-state index >= 15 is 0 Å². The van der Waals surface area contributed by atoms with E-state index in [2.05, 4.69) is 10.6 Å². The molecule has 3 rings (SSSR count). The zero-order valence-electron chi connectivity index (χ0n) is 18.3. The number of hydrogen-bond acceptors (Lipinski definition) is 6. The Labute approximate surface area is 189 Å². The van der Waals surface area contributed by atoms with Gasteiger partial charge in [0.1, 0.15) is 35.6 Å². The number of nitrogens with zero attached hydrogens (tertiary/aromatic N) is 1. The number of anilines is 2. The van der Waals surface area contributed by atoms with Crippen molar-refractivity contribution in [3.63, 3.8) is 0 Å². The summed E-state index contributed by atoms with van der Waals surface area (Å²) in [6.45, 7) is 5.11. The molecule has 1 aromatic heterocycles. The molecule has 0 aliphatic rings. The number of nitrogens with one attached hydrogen (secondary N) is 2. The molecule has 0 aliphatic heterocycles. The van der Waals surface area contributed by atoms with Crippen LogP contribution in [0, 0.1) is 17.1 Å². The van der Waals surface area contributed by atoms with E-state index in [4.69, 9.17) is 19.2 Å². The highest BCUT2D eigenvalue weighted by atomic mass is 19.1. The number of carbonyl (C=O) groups is 2. The van der Waals surface area contributed by atoms with E-state index in [1.165, 1.54) is 12.1 Å². The number of carbonyl (C=O) groups excluding carboxylic acids is 2. The maximum atomic E-state index is 13.8. The molecule has 0 aliphatic carbocycles. The third-order valence-electron chi connectivity index (χ3n) is 4.13. The lowest BCUT2D eigenvalue weighted by Crippen LogP contribution is -2.27. The van der Waals surface area contributed by atoms with Gasteiger partial charge < -0.3 is 19.2 Å². The zero-order valence-corrected chi connectivity index (χ0v) is 18.3. The molecule has 0 saturated heterocycles. The molecule has 2 aromatic carbocycles. The average Bonchev–Trinajstić information content (AvgIpc) is 3.22. The van der Waals surface area contributed by atoms with Gasteiger partial charge in [-0.1, -0.05) is 12.1 Å². The lowest BCUT2D eigenvalue weighted by molar-refractivity contribution is 0.0635. The van der Waals surface area contributed by atoms with Crippen LogP contribution in [0.5, 0.6) is 5.75 Å². The van der Waals surface area contributed by atoms with Crippen molar-refractivity contribution in [1.82, 2.24) is 0 Å². The highest BCUT2D eigenvalue weighted by molar-refractivity contribution is 6.05. The number of hydrogen-bond donors (Lipinski definition) is 2. The van der Waals surface area contributed by atoms with E-state index in [1.54, 1.807) is 51.1 Å². The van der Waals surface area contributed by atoms with Crippen LogP contribution < -0.4 is 15.4 Å². The van der Waals surface area contributed by atoms with Crippen LogP contribution in [-0.4, -0.2) is 17.6 Å². The lowest BCUT2D eigenvalue weighted by atomic mass is 10.2. The number of benzene rings is 2. The molecule has 0 bridgehead atoms.